The van der Waals surface area contributed by atoms with Gasteiger partial charge in [0.25, 0.3) is 0 Å². The first-order valence-corrected chi connectivity index (χ1v) is 7.32. The monoisotopic (exact) mass is 281 g/mol. The first kappa shape index (κ1) is 12.8. The van der Waals surface area contributed by atoms with Crippen molar-refractivity contribution in [2.75, 3.05) is 13.1 Å². The molecule has 0 aromatic carbocycles. The van der Waals surface area contributed by atoms with Crippen molar-refractivity contribution in [3.63, 3.8) is 0 Å². The smallest absolute Gasteiger partial charge is 0.235 e. The van der Waals surface area contributed by atoms with Gasteiger partial charge in [-0.3, -0.25) is 9.59 Å². The predicted molar refractivity (Wildman–Crippen MR) is 74.3 cm³/mol. The first-order valence-electron chi connectivity index (χ1n) is 6.91. The maximum Gasteiger partial charge on any atom is 0.235 e. The molecule has 2 unspecified atom stereocenters. The summed E-state index contributed by atoms with van der Waals surface area (Å²) in [5.41, 5.74) is 5.18. The molecule has 2 saturated heterocycles. The van der Waals surface area contributed by atoms with Crippen molar-refractivity contribution < 1.29 is 9.59 Å². The molecule has 2 aliphatic heterocycles. The van der Waals surface area contributed by atoms with Gasteiger partial charge in [0.15, 0.2) is 0 Å². The minimum absolute atomic E-state index is 0.107. The number of nitrogens with one attached hydrogen (secondary N) is 1. The fraction of sp³-hybridized carbons (Fsp3) is 0.769. The molecule has 2 heterocycles. The van der Waals surface area contributed by atoms with Crippen molar-refractivity contribution in [1.82, 2.24) is 10.2 Å². The Kier molecular flexibility index (Phi) is 3.00. The third-order valence-corrected chi connectivity index (χ3v) is 5.13. The number of nitrogens with two attached hydrogens (primary N) is 1. The molecule has 3 N–H and O–H groups in total. The van der Waals surface area contributed by atoms with Crippen LogP contribution in [0.1, 0.15) is 32.1 Å². The maximum atomic E-state index is 12.5. The quantitative estimate of drug-likeness (QED) is 0.708. The van der Waals surface area contributed by atoms with E-state index in [1.807, 2.05) is 4.90 Å². The van der Waals surface area contributed by atoms with Crippen LogP contribution in [0.15, 0.2) is 0 Å². The SMILES string of the molecule is NC(=S)C1(C(=O)N2CCC3NC(=O)CCC3C2)CC1. The number of carbonyl (C=O) groups is 2. The molecule has 1 saturated carbocycles. The zero-order chi connectivity index (χ0) is 13.6. The standard InChI is InChI=1S/C13H19N3O2S/c14-11(19)13(4-5-13)12(18)16-6-3-9-8(7-16)1-2-10(17)15-9/h8-9H,1-7H2,(H2,14,19)(H,15,17). The molecule has 3 fully saturated rings. The van der Waals surface area contributed by atoms with Gasteiger partial charge in [-0.2, -0.15) is 0 Å². The fourth-order valence-electron chi connectivity index (χ4n) is 3.29. The Morgan fingerprint density at radius 3 is 2.79 bits per heavy atom. The van der Waals surface area contributed by atoms with E-state index in [-0.39, 0.29) is 17.9 Å². The van der Waals surface area contributed by atoms with Crippen LogP contribution in [0.5, 0.6) is 0 Å². The Bertz CT molecular complexity index is 447. The molecule has 3 aliphatic rings. The van der Waals surface area contributed by atoms with Gasteiger partial charge in [0, 0.05) is 25.6 Å². The molecule has 104 valence electrons. The number of hydrogen-bond acceptors (Lipinski definition) is 3. The lowest BCUT2D eigenvalue weighted by molar-refractivity contribution is -0.137. The summed E-state index contributed by atoms with van der Waals surface area (Å²) in [7, 11) is 0. The number of likely N-dealkylation sites (tertiary alicyclic amines) is 1. The Morgan fingerprint density at radius 2 is 2.16 bits per heavy atom. The van der Waals surface area contributed by atoms with Crippen LogP contribution < -0.4 is 11.1 Å². The van der Waals surface area contributed by atoms with Crippen LogP contribution in [0, 0.1) is 11.3 Å². The summed E-state index contributed by atoms with van der Waals surface area (Å²) in [5.74, 6) is 0.635. The topological polar surface area (TPSA) is 75.4 Å². The van der Waals surface area contributed by atoms with Gasteiger partial charge in [-0.15, -0.1) is 0 Å². The van der Waals surface area contributed by atoms with E-state index in [0.29, 0.717) is 23.9 Å². The van der Waals surface area contributed by atoms with Crippen LogP contribution in [0.2, 0.25) is 0 Å². The molecule has 19 heavy (non-hydrogen) atoms. The zero-order valence-electron chi connectivity index (χ0n) is 10.9. The third kappa shape index (κ3) is 2.12. The molecular formula is C13H19N3O2S. The lowest BCUT2D eigenvalue weighted by Gasteiger charge is -2.42. The largest absolute Gasteiger partial charge is 0.392 e. The minimum Gasteiger partial charge on any atom is -0.392 e. The lowest BCUT2D eigenvalue weighted by atomic mass is 9.84. The number of fused-ring (bicyclic) bond motifs is 1. The van der Waals surface area contributed by atoms with Gasteiger partial charge >= 0.3 is 0 Å². The Hall–Kier alpha value is -1.17. The highest BCUT2D eigenvalue weighted by atomic mass is 32.1. The van der Waals surface area contributed by atoms with E-state index in [1.165, 1.54) is 0 Å². The number of carbonyl (C=O) groups excluding carboxylic acids is 2. The second-order valence-electron chi connectivity index (χ2n) is 5.96. The number of amides is 2. The second-order valence-corrected chi connectivity index (χ2v) is 6.40. The van der Waals surface area contributed by atoms with E-state index in [0.717, 1.165) is 32.2 Å². The van der Waals surface area contributed by atoms with E-state index in [1.54, 1.807) is 0 Å². The molecule has 0 spiro atoms. The lowest BCUT2D eigenvalue weighted by Crippen LogP contribution is -2.56. The summed E-state index contributed by atoms with van der Waals surface area (Å²) < 4.78 is 0. The Balaban J connectivity index is 1.67. The zero-order valence-corrected chi connectivity index (χ0v) is 11.7. The summed E-state index contributed by atoms with van der Waals surface area (Å²) in [6, 6.07) is 0.241. The van der Waals surface area contributed by atoms with Crippen molar-refractivity contribution in [2.24, 2.45) is 17.1 Å². The van der Waals surface area contributed by atoms with E-state index in [4.69, 9.17) is 18.0 Å². The summed E-state index contributed by atoms with van der Waals surface area (Å²) >= 11 is 5.04. The van der Waals surface area contributed by atoms with Gasteiger partial charge in [0.05, 0.1) is 10.4 Å². The van der Waals surface area contributed by atoms with Crippen LogP contribution in [0.3, 0.4) is 0 Å². The molecule has 1 aliphatic carbocycles. The van der Waals surface area contributed by atoms with E-state index >= 15 is 0 Å². The van der Waals surface area contributed by atoms with Gasteiger partial charge in [-0.05, 0) is 31.6 Å². The Labute approximate surface area is 117 Å². The number of thiocarbonyl (C=S) groups is 1. The number of hydrogen-bond donors (Lipinski definition) is 2. The van der Waals surface area contributed by atoms with Crippen molar-refractivity contribution in [3.8, 4) is 0 Å². The van der Waals surface area contributed by atoms with Gasteiger partial charge in [0.1, 0.15) is 0 Å². The highest BCUT2D eigenvalue weighted by molar-refractivity contribution is 7.80. The van der Waals surface area contributed by atoms with Crippen LogP contribution in [0.25, 0.3) is 0 Å². The molecule has 0 aromatic rings. The third-order valence-electron chi connectivity index (χ3n) is 4.74. The molecule has 0 bridgehead atoms. The summed E-state index contributed by atoms with van der Waals surface area (Å²) in [5, 5.41) is 3.03. The molecule has 3 rings (SSSR count). The normalized spacial score (nSPS) is 32.2. The van der Waals surface area contributed by atoms with Crippen molar-refractivity contribution in [2.45, 2.75) is 38.1 Å². The van der Waals surface area contributed by atoms with Gasteiger partial charge < -0.3 is 16.0 Å². The predicted octanol–water partition coefficient (Wildman–Crippen LogP) is 0.180. The molecule has 6 heteroatoms. The maximum absolute atomic E-state index is 12.5. The van der Waals surface area contributed by atoms with E-state index in [9.17, 15) is 9.59 Å². The van der Waals surface area contributed by atoms with Crippen molar-refractivity contribution in [3.05, 3.63) is 0 Å². The summed E-state index contributed by atoms with van der Waals surface area (Å²) in [4.78, 5) is 26.2. The van der Waals surface area contributed by atoms with E-state index in [2.05, 4.69) is 5.32 Å². The fourth-order valence-corrected chi connectivity index (χ4v) is 3.58. The van der Waals surface area contributed by atoms with Crippen LogP contribution >= 0.6 is 12.2 Å². The highest BCUT2D eigenvalue weighted by Crippen LogP contribution is 2.48. The number of piperidine rings is 2. The molecule has 2 atom stereocenters. The highest BCUT2D eigenvalue weighted by Gasteiger charge is 2.55. The number of nitrogens with zero attached hydrogens (tertiary/aromatic N) is 1. The van der Waals surface area contributed by atoms with Gasteiger partial charge in [0.2, 0.25) is 11.8 Å². The van der Waals surface area contributed by atoms with Crippen LogP contribution in [-0.2, 0) is 9.59 Å². The molecular weight excluding hydrogens is 262 g/mol. The summed E-state index contributed by atoms with van der Waals surface area (Å²) in [6.07, 6.45) is 3.88. The van der Waals surface area contributed by atoms with Crippen molar-refractivity contribution in [1.29, 1.82) is 0 Å². The average Bonchev–Trinajstić information content (AvgIpc) is 3.18. The van der Waals surface area contributed by atoms with Gasteiger partial charge in [-0.1, -0.05) is 12.2 Å². The number of rotatable bonds is 2. The van der Waals surface area contributed by atoms with Crippen molar-refractivity contribution >= 4 is 29.0 Å². The minimum atomic E-state index is -0.542. The Morgan fingerprint density at radius 1 is 1.42 bits per heavy atom. The second kappa shape index (κ2) is 4.44. The molecule has 5 nitrogen and oxygen atoms in total. The summed E-state index contributed by atoms with van der Waals surface area (Å²) in [6.45, 7) is 1.43. The molecule has 0 radical (unpaired) electrons. The molecule has 0 aromatic heterocycles. The van der Waals surface area contributed by atoms with Gasteiger partial charge in [-0.25, -0.2) is 0 Å². The first-order chi connectivity index (χ1) is 9.03. The molecule has 2 amide bonds. The van der Waals surface area contributed by atoms with E-state index < -0.39 is 5.41 Å². The van der Waals surface area contributed by atoms with Crippen LogP contribution in [0.4, 0.5) is 0 Å². The average molecular weight is 281 g/mol. The van der Waals surface area contributed by atoms with Crippen LogP contribution in [-0.4, -0.2) is 40.8 Å².